The summed E-state index contributed by atoms with van der Waals surface area (Å²) in [6.07, 6.45) is 0. The molecule has 0 saturated carbocycles. The zero-order valence-corrected chi connectivity index (χ0v) is 7.93. The van der Waals surface area contributed by atoms with Crippen molar-refractivity contribution >= 4 is 33.3 Å². The van der Waals surface area contributed by atoms with E-state index < -0.39 is 0 Å². The van der Waals surface area contributed by atoms with Crippen molar-refractivity contribution in [2.24, 2.45) is 0 Å². The first-order valence-corrected chi connectivity index (χ1v) is 2.88. The SMILES string of the molecule is C=N.C=N.C=N.C=N.CCOC=O. The molecule has 0 aromatic heterocycles. The van der Waals surface area contributed by atoms with Crippen molar-refractivity contribution in [2.75, 3.05) is 6.61 Å². The zero-order valence-electron chi connectivity index (χ0n) is 7.93. The molecule has 0 rings (SSSR count). The van der Waals surface area contributed by atoms with Gasteiger partial charge in [0.05, 0.1) is 6.61 Å². The molecule has 0 aromatic rings. The van der Waals surface area contributed by atoms with E-state index in [4.69, 9.17) is 21.6 Å². The van der Waals surface area contributed by atoms with Crippen LogP contribution in [0.5, 0.6) is 0 Å². The average Bonchev–Trinajstić information content (AvgIpc) is 2.30. The van der Waals surface area contributed by atoms with E-state index in [1.807, 2.05) is 0 Å². The molecular formula is C7H18N4O2. The maximum atomic E-state index is 9.18. The number of hydrogen-bond donors (Lipinski definition) is 4. The molecule has 0 atom stereocenters. The first kappa shape index (κ1) is 30.4. The van der Waals surface area contributed by atoms with Gasteiger partial charge in [-0.15, -0.1) is 0 Å². The smallest absolute Gasteiger partial charge is 0.293 e. The third kappa shape index (κ3) is 30000. The second-order valence-corrected chi connectivity index (χ2v) is 0.552. The van der Waals surface area contributed by atoms with Gasteiger partial charge in [-0.3, -0.25) is 4.79 Å². The Labute approximate surface area is 79.0 Å². The maximum Gasteiger partial charge on any atom is 0.293 e. The van der Waals surface area contributed by atoms with E-state index in [1.165, 1.54) is 0 Å². The Kier molecular flexibility index (Phi) is 1500. The van der Waals surface area contributed by atoms with E-state index in [2.05, 4.69) is 31.6 Å². The lowest BCUT2D eigenvalue weighted by molar-refractivity contribution is -0.128. The Balaban J connectivity index is -0.0000000230. The molecular weight excluding hydrogens is 172 g/mol. The van der Waals surface area contributed by atoms with Crippen LogP contribution < -0.4 is 0 Å². The minimum absolute atomic E-state index is 0.431. The fraction of sp³-hybridized carbons (Fsp3) is 0.286. The van der Waals surface area contributed by atoms with Gasteiger partial charge >= 0.3 is 0 Å². The van der Waals surface area contributed by atoms with Gasteiger partial charge in [0.2, 0.25) is 0 Å². The fourth-order valence-corrected chi connectivity index (χ4v) is 0.0680. The van der Waals surface area contributed by atoms with Crippen molar-refractivity contribution in [1.82, 2.24) is 0 Å². The lowest BCUT2D eigenvalue weighted by atomic mass is 10.9. The van der Waals surface area contributed by atoms with Crippen LogP contribution in [0.3, 0.4) is 0 Å². The van der Waals surface area contributed by atoms with Gasteiger partial charge in [0.15, 0.2) is 0 Å². The van der Waals surface area contributed by atoms with E-state index in [-0.39, 0.29) is 0 Å². The molecule has 0 aliphatic heterocycles. The van der Waals surface area contributed by atoms with Crippen molar-refractivity contribution in [3.8, 4) is 0 Å². The first-order chi connectivity index (χ1) is 6.41. The third-order valence-electron chi connectivity index (χ3n) is 0.235. The van der Waals surface area contributed by atoms with Crippen LogP contribution in [-0.4, -0.2) is 39.9 Å². The highest BCUT2D eigenvalue weighted by atomic mass is 16.5. The molecule has 0 amide bonds. The molecule has 0 aliphatic rings. The van der Waals surface area contributed by atoms with Crippen LogP contribution in [0.25, 0.3) is 0 Å². The van der Waals surface area contributed by atoms with Crippen molar-refractivity contribution in [2.45, 2.75) is 6.92 Å². The average molecular weight is 190 g/mol. The van der Waals surface area contributed by atoms with E-state index in [9.17, 15) is 4.79 Å². The van der Waals surface area contributed by atoms with Gasteiger partial charge in [0.25, 0.3) is 6.47 Å². The molecule has 13 heavy (non-hydrogen) atoms. The predicted octanol–water partition coefficient (Wildman–Crippen LogP) is 1.24. The molecule has 0 fully saturated rings. The van der Waals surface area contributed by atoms with Crippen molar-refractivity contribution in [1.29, 1.82) is 21.6 Å². The Hall–Kier alpha value is -1.85. The summed E-state index contributed by atoms with van der Waals surface area (Å²) in [6.45, 7) is 12.7. The molecule has 0 bridgehead atoms. The molecule has 78 valence electrons. The Morgan fingerprint density at radius 1 is 1.00 bits per heavy atom. The monoisotopic (exact) mass is 190 g/mol. The quantitative estimate of drug-likeness (QED) is 0.386. The van der Waals surface area contributed by atoms with Gasteiger partial charge in [-0.25, -0.2) is 0 Å². The zero-order chi connectivity index (χ0) is 12.1. The molecule has 4 N–H and O–H groups in total. The second kappa shape index (κ2) is 643. The topological polar surface area (TPSA) is 122 Å². The van der Waals surface area contributed by atoms with Crippen LogP contribution in [-0.2, 0) is 9.53 Å². The third-order valence-corrected chi connectivity index (χ3v) is 0.235. The predicted molar refractivity (Wildman–Crippen MR) is 57.1 cm³/mol. The van der Waals surface area contributed by atoms with Gasteiger partial charge in [0, 0.05) is 0 Å². The summed E-state index contributed by atoms with van der Waals surface area (Å²) in [5.41, 5.74) is 0. The molecule has 0 radical (unpaired) electrons. The Bertz CT molecular complexity index is 65.5. The Morgan fingerprint density at radius 3 is 1.23 bits per heavy atom. The van der Waals surface area contributed by atoms with Crippen LogP contribution in [0.1, 0.15) is 6.92 Å². The van der Waals surface area contributed by atoms with Crippen LogP contribution in [0.2, 0.25) is 0 Å². The summed E-state index contributed by atoms with van der Waals surface area (Å²) < 4.78 is 4.15. The standard InChI is InChI=1S/C3H6O2.4CH3N/c1-2-5-3-4;4*1-2/h3H,2H2,1H3;4*2H,1H2. The molecule has 0 saturated heterocycles. The van der Waals surface area contributed by atoms with Crippen LogP contribution >= 0.6 is 0 Å². The van der Waals surface area contributed by atoms with Gasteiger partial charge < -0.3 is 26.4 Å². The lowest BCUT2D eigenvalue weighted by Gasteiger charge is -1.79. The second-order valence-electron chi connectivity index (χ2n) is 0.552. The first-order valence-electron chi connectivity index (χ1n) is 2.88. The molecule has 6 nitrogen and oxygen atoms in total. The highest BCUT2D eigenvalue weighted by Gasteiger charge is 1.60. The number of hydrogen-bond acceptors (Lipinski definition) is 6. The fourth-order valence-electron chi connectivity index (χ4n) is 0.0680. The van der Waals surface area contributed by atoms with Crippen molar-refractivity contribution in [3.63, 3.8) is 0 Å². The molecule has 0 spiro atoms. The maximum absolute atomic E-state index is 9.18. The largest absolute Gasteiger partial charge is 0.468 e. The van der Waals surface area contributed by atoms with Crippen LogP contribution in [0.15, 0.2) is 0 Å². The van der Waals surface area contributed by atoms with E-state index in [0.29, 0.717) is 13.1 Å². The molecule has 0 aromatic carbocycles. The normalized spacial score (nSPS) is 3.77. The van der Waals surface area contributed by atoms with Crippen LogP contribution in [0, 0.1) is 21.6 Å². The molecule has 6 heteroatoms. The molecule has 0 unspecified atom stereocenters. The summed E-state index contributed by atoms with van der Waals surface area (Å²) in [6, 6.07) is 0. The van der Waals surface area contributed by atoms with Crippen molar-refractivity contribution < 1.29 is 9.53 Å². The van der Waals surface area contributed by atoms with Crippen molar-refractivity contribution in [3.05, 3.63) is 0 Å². The lowest BCUT2D eigenvalue weighted by Crippen LogP contribution is -1.80. The highest BCUT2D eigenvalue weighted by Crippen LogP contribution is 1.55. The number of carbonyl (C=O) groups excluding carboxylic acids is 1. The molecule has 0 aliphatic carbocycles. The minimum atomic E-state index is 0.431. The van der Waals surface area contributed by atoms with Gasteiger partial charge in [0.1, 0.15) is 0 Å². The number of rotatable bonds is 2. The van der Waals surface area contributed by atoms with Gasteiger partial charge in [-0.2, -0.15) is 0 Å². The highest BCUT2D eigenvalue weighted by molar-refractivity contribution is 5.36. The minimum Gasteiger partial charge on any atom is -0.468 e. The summed E-state index contributed by atoms with van der Waals surface area (Å²) >= 11 is 0. The Morgan fingerprint density at radius 2 is 1.23 bits per heavy atom. The summed E-state index contributed by atoms with van der Waals surface area (Å²) in [4.78, 5) is 9.18. The number of nitrogens with one attached hydrogen (secondary N) is 4. The van der Waals surface area contributed by atoms with Crippen LogP contribution in [0.4, 0.5) is 0 Å². The van der Waals surface area contributed by atoms with Gasteiger partial charge in [-0.1, -0.05) is 0 Å². The van der Waals surface area contributed by atoms with E-state index >= 15 is 0 Å². The summed E-state index contributed by atoms with van der Waals surface area (Å²) in [5.74, 6) is 0. The molecule has 0 heterocycles. The van der Waals surface area contributed by atoms with E-state index in [1.54, 1.807) is 6.92 Å². The number of ether oxygens (including phenoxy) is 1. The number of carbonyl (C=O) groups is 1. The van der Waals surface area contributed by atoms with Gasteiger partial charge in [-0.05, 0) is 33.8 Å². The summed E-state index contributed by atoms with van der Waals surface area (Å²) in [5, 5.41) is 22.0. The van der Waals surface area contributed by atoms with E-state index in [0.717, 1.165) is 0 Å². The summed E-state index contributed by atoms with van der Waals surface area (Å²) in [7, 11) is 0.